The van der Waals surface area contributed by atoms with Crippen LogP contribution in [0.15, 0.2) is 0 Å². The van der Waals surface area contributed by atoms with Gasteiger partial charge in [0, 0.05) is 12.6 Å². The molecule has 17 heavy (non-hydrogen) atoms. The van der Waals surface area contributed by atoms with Gasteiger partial charge in [0.2, 0.25) is 0 Å². The Labute approximate surface area is 109 Å². The Bertz CT molecular complexity index is 160. The summed E-state index contributed by atoms with van der Waals surface area (Å²) >= 11 is 0. The zero-order valence-corrected chi connectivity index (χ0v) is 12.6. The van der Waals surface area contributed by atoms with Crippen molar-refractivity contribution in [2.24, 2.45) is 0 Å². The Morgan fingerprint density at radius 1 is 1.06 bits per heavy atom. The summed E-state index contributed by atoms with van der Waals surface area (Å²) in [7, 11) is 4.30. The molecule has 0 aliphatic heterocycles. The third-order valence-electron chi connectivity index (χ3n) is 3.25. The molecule has 0 aromatic carbocycles. The molecule has 0 bridgehead atoms. The van der Waals surface area contributed by atoms with Crippen molar-refractivity contribution in [1.82, 2.24) is 15.1 Å². The lowest BCUT2D eigenvalue weighted by Gasteiger charge is -2.30. The molecule has 0 fully saturated rings. The van der Waals surface area contributed by atoms with E-state index in [1.165, 1.54) is 38.9 Å². The van der Waals surface area contributed by atoms with Crippen molar-refractivity contribution in [3.63, 3.8) is 0 Å². The SMILES string of the molecule is CCCNCC(CC)N(CC)CCCN(C)C. The van der Waals surface area contributed by atoms with E-state index in [0.29, 0.717) is 6.04 Å². The van der Waals surface area contributed by atoms with Crippen LogP contribution in [0.3, 0.4) is 0 Å². The molecule has 0 saturated carbocycles. The van der Waals surface area contributed by atoms with Crippen LogP contribution in [0.25, 0.3) is 0 Å². The van der Waals surface area contributed by atoms with E-state index in [-0.39, 0.29) is 0 Å². The lowest BCUT2D eigenvalue weighted by molar-refractivity contribution is 0.187. The molecule has 0 aliphatic rings. The number of rotatable bonds is 11. The molecule has 0 heterocycles. The summed E-state index contributed by atoms with van der Waals surface area (Å²) in [5.41, 5.74) is 0. The minimum atomic E-state index is 0.703. The van der Waals surface area contributed by atoms with Crippen LogP contribution >= 0.6 is 0 Å². The van der Waals surface area contributed by atoms with E-state index in [9.17, 15) is 0 Å². The van der Waals surface area contributed by atoms with Crippen molar-refractivity contribution >= 4 is 0 Å². The van der Waals surface area contributed by atoms with E-state index in [0.717, 1.165) is 13.1 Å². The number of hydrogen-bond donors (Lipinski definition) is 1. The lowest BCUT2D eigenvalue weighted by atomic mass is 10.1. The normalized spacial score (nSPS) is 13.6. The molecule has 104 valence electrons. The van der Waals surface area contributed by atoms with Gasteiger partial charge in [-0.25, -0.2) is 0 Å². The second-order valence-corrected chi connectivity index (χ2v) is 5.05. The topological polar surface area (TPSA) is 18.5 Å². The monoisotopic (exact) mass is 243 g/mol. The van der Waals surface area contributed by atoms with Crippen molar-refractivity contribution in [3.05, 3.63) is 0 Å². The minimum absolute atomic E-state index is 0.703. The van der Waals surface area contributed by atoms with E-state index < -0.39 is 0 Å². The molecule has 0 aliphatic carbocycles. The summed E-state index contributed by atoms with van der Waals surface area (Å²) in [4.78, 5) is 4.89. The van der Waals surface area contributed by atoms with E-state index in [1.807, 2.05) is 0 Å². The molecule has 3 nitrogen and oxygen atoms in total. The van der Waals surface area contributed by atoms with Crippen LogP contribution in [0, 0.1) is 0 Å². The molecule has 0 saturated heterocycles. The van der Waals surface area contributed by atoms with Gasteiger partial charge < -0.3 is 10.2 Å². The third kappa shape index (κ3) is 8.58. The average Bonchev–Trinajstić information content (AvgIpc) is 2.31. The molecule has 3 heteroatoms. The first-order chi connectivity index (χ1) is 8.15. The molecule has 0 radical (unpaired) electrons. The standard InChI is InChI=1S/C14H33N3/c1-6-10-15-13-14(7-2)17(8-3)12-9-11-16(4)5/h14-15H,6-13H2,1-5H3. The van der Waals surface area contributed by atoms with Gasteiger partial charge in [0.25, 0.3) is 0 Å². The Balaban J connectivity index is 3.91. The van der Waals surface area contributed by atoms with Gasteiger partial charge in [0.15, 0.2) is 0 Å². The van der Waals surface area contributed by atoms with Crippen molar-refractivity contribution in [2.75, 3.05) is 46.8 Å². The van der Waals surface area contributed by atoms with E-state index in [1.54, 1.807) is 0 Å². The highest BCUT2D eigenvalue weighted by Gasteiger charge is 2.14. The summed E-state index contributed by atoms with van der Waals surface area (Å²) in [6, 6.07) is 0.703. The zero-order chi connectivity index (χ0) is 13.1. The zero-order valence-electron chi connectivity index (χ0n) is 12.6. The first kappa shape index (κ1) is 16.9. The number of likely N-dealkylation sites (N-methyl/N-ethyl adjacent to an activating group) is 1. The lowest BCUT2D eigenvalue weighted by Crippen LogP contribution is -2.43. The quantitative estimate of drug-likeness (QED) is 0.560. The largest absolute Gasteiger partial charge is 0.315 e. The molecule has 0 amide bonds. The fourth-order valence-corrected chi connectivity index (χ4v) is 2.17. The van der Waals surface area contributed by atoms with Gasteiger partial charge in [-0.3, -0.25) is 4.90 Å². The van der Waals surface area contributed by atoms with Crippen LogP contribution in [0.4, 0.5) is 0 Å². The van der Waals surface area contributed by atoms with Crippen LogP contribution in [0.1, 0.15) is 40.0 Å². The number of nitrogens with zero attached hydrogens (tertiary/aromatic N) is 2. The van der Waals surface area contributed by atoms with Crippen molar-refractivity contribution in [1.29, 1.82) is 0 Å². The molecule has 0 aromatic rings. The Morgan fingerprint density at radius 2 is 1.76 bits per heavy atom. The van der Waals surface area contributed by atoms with E-state index in [4.69, 9.17) is 0 Å². The molecule has 1 atom stereocenters. The fraction of sp³-hybridized carbons (Fsp3) is 1.00. The predicted octanol–water partition coefficient (Wildman–Crippen LogP) is 2.04. The van der Waals surface area contributed by atoms with Gasteiger partial charge in [0.1, 0.15) is 0 Å². The average molecular weight is 243 g/mol. The highest BCUT2D eigenvalue weighted by atomic mass is 15.2. The maximum absolute atomic E-state index is 3.55. The van der Waals surface area contributed by atoms with Gasteiger partial charge in [-0.1, -0.05) is 20.8 Å². The first-order valence-electron chi connectivity index (χ1n) is 7.25. The first-order valence-corrected chi connectivity index (χ1v) is 7.25. The van der Waals surface area contributed by atoms with Crippen molar-refractivity contribution < 1.29 is 0 Å². The van der Waals surface area contributed by atoms with Gasteiger partial charge in [-0.15, -0.1) is 0 Å². The molecule has 1 unspecified atom stereocenters. The third-order valence-corrected chi connectivity index (χ3v) is 3.25. The second kappa shape index (κ2) is 11.0. The van der Waals surface area contributed by atoms with Crippen LogP contribution < -0.4 is 5.32 Å². The predicted molar refractivity (Wildman–Crippen MR) is 77.7 cm³/mol. The number of hydrogen-bond acceptors (Lipinski definition) is 3. The summed E-state index contributed by atoms with van der Waals surface area (Å²) in [5, 5.41) is 3.55. The molecular formula is C14H33N3. The molecule has 0 spiro atoms. The Morgan fingerprint density at radius 3 is 2.24 bits per heavy atom. The minimum Gasteiger partial charge on any atom is -0.315 e. The van der Waals surface area contributed by atoms with Crippen LogP contribution in [0.2, 0.25) is 0 Å². The Kier molecular flexibility index (Phi) is 10.9. The second-order valence-electron chi connectivity index (χ2n) is 5.05. The maximum Gasteiger partial charge on any atom is 0.0217 e. The van der Waals surface area contributed by atoms with Gasteiger partial charge in [-0.05, 0) is 59.5 Å². The highest BCUT2D eigenvalue weighted by Crippen LogP contribution is 2.04. The summed E-state index contributed by atoms with van der Waals surface area (Å²) in [6.07, 6.45) is 3.74. The summed E-state index contributed by atoms with van der Waals surface area (Å²) < 4.78 is 0. The molecule has 1 N–H and O–H groups in total. The summed E-state index contributed by atoms with van der Waals surface area (Å²) in [5.74, 6) is 0. The molecule has 0 rings (SSSR count). The van der Waals surface area contributed by atoms with E-state index >= 15 is 0 Å². The number of nitrogens with one attached hydrogen (secondary N) is 1. The van der Waals surface area contributed by atoms with Crippen molar-refractivity contribution in [3.8, 4) is 0 Å². The smallest absolute Gasteiger partial charge is 0.0217 e. The molecular weight excluding hydrogens is 210 g/mol. The fourth-order valence-electron chi connectivity index (χ4n) is 2.17. The van der Waals surface area contributed by atoms with Gasteiger partial charge in [0.05, 0.1) is 0 Å². The maximum atomic E-state index is 3.55. The van der Waals surface area contributed by atoms with Gasteiger partial charge in [-0.2, -0.15) is 0 Å². The van der Waals surface area contributed by atoms with Gasteiger partial charge >= 0.3 is 0 Å². The van der Waals surface area contributed by atoms with Crippen LogP contribution in [-0.2, 0) is 0 Å². The van der Waals surface area contributed by atoms with Crippen molar-refractivity contribution in [2.45, 2.75) is 46.1 Å². The van der Waals surface area contributed by atoms with E-state index in [2.05, 4.69) is 50.0 Å². The molecule has 0 aromatic heterocycles. The van der Waals surface area contributed by atoms with Crippen LogP contribution in [0.5, 0.6) is 0 Å². The summed E-state index contributed by atoms with van der Waals surface area (Å²) in [6.45, 7) is 12.7. The Hall–Kier alpha value is -0.120. The highest BCUT2D eigenvalue weighted by molar-refractivity contribution is 4.72. The van der Waals surface area contributed by atoms with Crippen LogP contribution in [-0.4, -0.2) is 62.7 Å².